The maximum absolute atomic E-state index is 11.8. The lowest BCUT2D eigenvalue weighted by molar-refractivity contribution is 0.0952. The molecule has 1 aromatic heterocycles. The van der Waals surface area contributed by atoms with Gasteiger partial charge in [-0.15, -0.1) is 0 Å². The van der Waals surface area contributed by atoms with Gasteiger partial charge >= 0.3 is 0 Å². The summed E-state index contributed by atoms with van der Waals surface area (Å²) in [5, 5.41) is 14.0. The smallest absolute Gasteiger partial charge is 0.253 e. The summed E-state index contributed by atoms with van der Waals surface area (Å²) < 4.78 is 0. The predicted molar refractivity (Wildman–Crippen MR) is 68.7 cm³/mol. The molecule has 6 heteroatoms. The van der Waals surface area contributed by atoms with E-state index in [0.29, 0.717) is 30.6 Å². The third-order valence-corrected chi connectivity index (χ3v) is 2.49. The van der Waals surface area contributed by atoms with Crippen molar-refractivity contribution in [1.82, 2.24) is 10.3 Å². The second-order valence-electron chi connectivity index (χ2n) is 4.04. The quantitative estimate of drug-likeness (QED) is 0.238. The molecule has 0 aliphatic carbocycles. The van der Waals surface area contributed by atoms with Crippen LogP contribution in [0.2, 0.25) is 0 Å². The molecule has 0 aliphatic rings. The number of aromatic nitrogens is 1. The second kappa shape index (κ2) is 6.58. The topological polar surface area (TPSA) is 101 Å². The van der Waals surface area contributed by atoms with Crippen molar-refractivity contribution in [3.05, 3.63) is 29.1 Å². The number of carbonyl (C=O) groups is 1. The van der Waals surface area contributed by atoms with Crippen LogP contribution in [-0.4, -0.2) is 28.5 Å². The lowest BCUT2D eigenvalue weighted by Crippen LogP contribution is -2.26. The number of oxime groups is 1. The van der Waals surface area contributed by atoms with Crippen molar-refractivity contribution >= 4 is 11.7 Å². The molecule has 0 unspecified atom stereocenters. The third kappa shape index (κ3) is 4.04. The van der Waals surface area contributed by atoms with Gasteiger partial charge in [0.1, 0.15) is 5.84 Å². The lowest BCUT2D eigenvalue weighted by Gasteiger charge is -2.07. The van der Waals surface area contributed by atoms with Crippen molar-refractivity contribution < 1.29 is 10.0 Å². The van der Waals surface area contributed by atoms with Gasteiger partial charge in [0.25, 0.3) is 5.91 Å². The number of hydrogen-bond donors (Lipinski definition) is 3. The fraction of sp³-hybridized carbons (Fsp3) is 0.417. The Morgan fingerprint density at radius 3 is 2.83 bits per heavy atom. The normalized spacial score (nSPS) is 11.3. The van der Waals surface area contributed by atoms with Crippen LogP contribution in [0, 0.1) is 13.8 Å². The summed E-state index contributed by atoms with van der Waals surface area (Å²) in [7, 11) is 0. The van der Waals surface area contributed by atoms with Crippen LogP contribution in [-0.2, 0) is 0 Å². The van der Waals surface area contributed by atoms with Gasteiger partial charge < -0.3 is 16.3 Å². The molecule has 0 saturated carbocycles. The predicted octanol–water partition coefficient (Wildman–Crippen LogP) is 0.955. The zero-order chi connectivity index (χ0) is 13.5. The first-order valence-corrected chi connectivity index (χ1v) is 5.73. The molecule has 1 aromatic rings. The van der Waals surface area contributed by atoms with E-state index >= 15 is 0 Å². The van der Waals surface area contributed by atoms with Crippen molar-refractivity contribution in [2.45, 2.75) is 26.7 Å². The van der Waals surface area contributed by atoms with E-state index in [0.717, 1.165) is 5.69 Å². The summed E-state index contributed by atoms with van der Waals surface area (Å²) in [4.78, 5) is 16.1. The summed E-state index contributed by atoms with van der Waals surface area (Å²) in [5.41, 5.74) is 7.49. The minimum atomic E-state index is -0.153. The van der Waals surface area contributed by atoms with E-state index in [1.165, 1.54) is 0 Å². The Kier molecular flexibility index (Phi) is 5.10. The fourth-order valence-electron chi connectivity index (χ4n) is 1.54. The van der Waals surface area contributed by atoms with Gasteiger partial charge in [-0.1, -0.05) is 5.16 Å². The van der Waals surface area contributed by atoms with Gasteiger partial charge in [-0.05, 0) is 32.4 Å². The van der Waals surface area contributed by atoms with Gasteiger partial charge in [0.15, 0.2) is 0 Å². The highest BCUT2D eigenvalue weighted by atomic mass is 16.4. The Balaban J connectivity index is 2.46. The average Bonchev–Trinajstić information content (AvgIpc) is 2.34. The zero-order valence-electron chi connectivity index (χ0n) is 10.6. The minimum Gasteiger partial charge on any atom is -0.409 e. The Bertz CT molecular complexity index is 457. The number of aryl methyl sites for hydroxylation is 2. The van der Waals surface area contributed by atoms with Gasteiger partial charge in [0, 0.05) is 18.7 Å². The van der Waals surface area contributed by atoms with Crippen LogP contribution in [0.4, 0.5) is 0 Å². The van der Waals surface area contributed by atoms with Crippen LogP contribution < -0.4 is 11.1 Å². The molecule has 0 spiro atoms. The van der Waals surface area contributed by atoms with Crippen LogP contribution in [0.3, 0.4) is 0 Å². The summed E-state index contributed by atoms with van der Waals surface area (Å²) in [6, 6.07) is 3.56. The molecule has 0 radical (unpaired) electrons. The number of nitrogens with zero attached hydrogens (tertiary/aromatic N) is 2. The molecule has 0 atom stereocenters. The first-order chi connectivity index (χ1) is 8.54. The van der Waals surface area contributed by atoms with Crippen LogP contribution in [0.1, 0.15) is 34.6 Å². The van der Waals surface area contributed by atoms with Crippen LogP contribution in [0.25, 0.3) is 0 Å². The molecule has 4 N–H and O–H groups in total. The number of nitrogens with two attached hydrogens (primary N) is 1. The molecule has 0 aromatic carbocycles. The van der Waals surface area contributed by atoms with Crippen molar-refractivity contribution in [2.75, 3.05) is 6.54 Å². The summed E-state index contributed by atoms with van der Waals surface area (Å²) in [6.07, 6.45) is 1.07. The molecule has 1 amide bonds. The molecule has 6 nitrogen and oxygen atoms in total. The Morgan fingerprint density at radius 2 is 2.22 bits per heavy atom. The molecule has 0 saturated heterocycles. The number of amides is 1. The number of rotatable bonds is 5. The van der Waals surface area contributed by atoms with E-state index in [9.17, 15) is 4.79 Å². The van der Waals surface area contributed by atoms with Crippen LogP contribution in [0.15, 0.2) is 17.3 Å². The van der Waals surface area contributed by atoms with Crippen molar-refractivity contribution in [3.8, 4) is 0 Å². The third-order valence-electron chi connectivity index (χ3n) is 2.49. The Morgan fingerprint density at radius 1 is 1.50 bits per heavy atom. The molecule has 18 heavy (non-hydrogen) atoms. The van der Waals surface area contributed by atoms with Gasteiger partial charge in [0.05, 0.1) is 11.3 Å². The molecular formula is C12H18N4O2. The number of hydrogen-bond acceptors (Lipinski definition) is 4. The molecule has 1 heterocycles. The van der Waals surface area contributed by atoms with E-state index in [1.54, 1.807) is 19.1 Å². The zero-order valence-corrected chi connectivity index (χ0v) is 10.6. The summed E-state index contributed by atoms with van der Waals surface area (Å²) in [6.45, 7) is 4.16. The highest BCUT2D eigenvalue weighted by molar-refractivity contribution is 5.95. The molecule has 0 fully saturated rings. The monoisotopic (exact) mass is 250 g/mol. The van der Waals surface area contributed by atoms with Crippen LogP contribution >= 0.6 is 0 Å². The van der Waals surface area contributed by atoms with Crippen molar-refractivity contribution in [3.63, 3.8) is 0 Å². The van der Waals surface area contributed by atoms with E-state index in [-0.39, 0.29) is 11.7 Å². The van der Waals surface area contributed by atoms with Crippen molar-refractivity contribution in [2.24, 2.45) is 10.9 Å². The van der Waals surface area contributed by atoms with Gasteiger partial charge in [-0.2, -0.15) is 0 Å². The van der Waals surface area contributed by atoms with Gasteiger partial charge in [0.2, 0.25) is 0 Å². The number of nitrogens with one attached hydrogen (secondary N) is 1. The molecule has 98 valence electrons. The molecule has 0 aliphatic heterocycles. The SMILES string of the molecule is Cc1ccc(C(=O)NCCCC(N)=NO)c(C)n1. The van der Waals surface area contributed by atoms with Crippen molar-refractivity contribution in [1.29, 1.82) is 0 Å². The van der Waals surface area contributed by atoms with E-state index in [1.807, 2.05) is 6.92 Å². The maximum atomic E-state index is 11.8. The molecule has 1 rings (SSSR count). The van der Waals surface area contributed by atoms with E-state index in [4.69, 9.17) is 10.9 Å². The second-order valence-corrected chi connectivity index (χ2v) is 4.04. The molecule has 0 bridgehead atoms. The number of pyridine rings is 1. The first kappa shape index (κ1) is 14.0. The highest BCUT2D eigenvalue weighted by Gasteiger charge is 2.09. The van der Waals surface area contributed by atoms with E-state index in [2.05, 4.69) is 15.5 Å². The first-order valence-electron chi connectivity index (χ1n) is 5.73. The summed E-state index contributed by atoms with van der Waals surface area (Å²) in [5.74, 6) is 0.0111. The van der Waals surface area contributed by atoms with Gasteiger partial charge in [-0.3, -0.25) is 9.78 Å². The lowest BCUT2D eigenvalue weighted by atomic mass is 10.1. The summed E-state index contributed by atoms with van der Waals surface area (Å²) >= 11 is 0. The minimum absolute atomic E-state index is 0.153. The number of carbonyl (C=O) groups excluding carboxylic acids is 1. The number of amidine groups is 1. The largest absolute Gasteiger partial charge is 0.409 e. The Hall–Kier alpha value is -2.11. The van der Waals surface area contributed by atoms with Crippen LogP contribution in [0.5, 0.6) is 0 Å². The van der Waals surface area contributed by atoms with Gasteiger partial charge in [-0.25, -0.2) is 0 Å². The maximum Gasteiger partial charge on any atom is 0.253 e. The Labute approximate surface area is 106 Å². The van der Waals surface area contributed by atoms with E-state index < -0.39 is 0 Å². The standard InChI is InChI=1S/C12H18N4O2/c1-8-5-6-10(9(2)15-8)12(17)14-7-3-4-11(13)16-18/h5-6,18H,3-4,7H2,1-2H3,(H2,13,16)(H,14,17). The fourth-order valence-corrected chi connectivity index (χ4v) is 1.54. The highest BCUT2D eigenvalue weighted by Crippen LogP contribution is 2.06. The molecular weight excluding hydrogens is 232 g/mol. The average molecular weight is 250 g/mol.